The van der Waals surface area contributed by atoms with Crippen molar-refractivity contribution in [2.75, 3.05) is 19.0 Å². The predicted molar refractivity (Wildman–Crippen MR) is 119 cm³/mol. The second-order valence-corrected chi connectivity index (χ2v) is 8.64. The molecule has 0 aliphatic rings. The number of methoxy groups -OCH3 is 1. The smallest absolute Gasteiger partial charge is 0.262 e. The number of anilines is 1. The SMILES string of the molecule is COc1ccc(NC(=O)COc2ccc(S(=O)(=O)NCc3ccccc3)cc2)cc1Cl. The van der Waals surface area contributed by atoms with Gasteiger partial charge >= 0.3 is 0 Å². The molecular weight excluding hydrogens is 440 g/mol. The molecule has 2 N–H and O–H groups in total. The van der Waals surface area contributed by atoms with Gasteiger partial charge in [0.25, 0.3) is 5.91 Å². The van der Waals surface area contributed by atoms with Crippen molar-refractivity contribution < 1.29 is 22.7 Å². The molecule has 0 radical (unpaired) electrons. The quantitative estimate of drug-likeness (QED) is 0.506. The topological polar surface area (TPSA) is 93.7 Å². The fraction of sp³-hybridized carbons (Fsp3) is 0.136. The van der Waals surface area contributed by atoms with E-state index in [9.17, 15) is 13.2 Å². The molecule has 0 bridgehead atoms. The number of carbonyl (C=O) groups is 1. The maximum atomic E-state index is 12.4. The van der Waals surface area contributed by atoms with Crippen LogP contribution in [-0.2, 0) is 21.4 Å². The number of hydrogen-bond donors (Lipinski definition) is 2. The Bertz CT molecular complexity index is 1140. The van der Waals surface area contributed by atoms with E-state index in [1.807, 2.05) is 30.3 Å². The highest BCUT2D eigenvalue weighted by Gasteiger charge is 2.14. The van der Waals surface area contributed by atoms with Crippen LogP contribution in [0.25, 0.3) is 0 Å². The zero-order valence-electron chi connectivity index (χ0n) is 16.7. The highest BCUT2D eigenvalue weighted by molar-refractivity contribution is 7.89. The van der Waals surface area contributed by atoms with E-state index >= 15 is 0 Å². The van der Waals surface area contributed by atoms with Crippen LogP contribution in [0.1, 0.15) is 5.56 Å². The molecule has 0 atom stereocenters. The first kappa shape index (κ1) is 22.6. The van der Waals surface area contributed by atoms with Crippen LogP contribution >= 0.6 is 11.6 Å². The molecule has 1 amide bonds. The summed E-state index contributed by atoms with van der Waals surface area (Å²) in [6.07, 6.45) is 0. The molecule has 9 heteroatoms. The molecule has 0 heterocycles. The molecule has 0 aliphatic heterocycles. The molecule has 0 spiro atoms. The van der Waals surface area contributed by atoms with E-state index < -0.39 is 10.0 Å². The predicted octanol–water partition coefficient (Wildman–Crippen LogP) is 3.84. The number of ether oxygens (including phenoxy) is 2. The summed E-state index contributed by atoms with van der Waals surface area (Å²) in [4.78, 5) is 12.2. The van der Waals surface area contributed by atoms with Gasteiger partial charge < -0.3 is 14.8 Å². The van der Waals surface area contributed by atoms with Crippen molar-refractivity contribution in [2.24, 2.45) is 0 Å². The normalized spacial score (nSPS) is 11.0. The first-order valence-corrected chi connectivity index (χ1v) is 11.1. The summed E-state index contributed by atoms with van der Waals surface area (Å²) in [7, 11) is -2.16. The van der Waals surface area contributed by atoms with Gasteiger partial charge in [0.05, 0.1) is 17.0 Å². The van der Waals surface area contributed by atoms with Gasteiger partial charge in [0.15, 0.2) is 6.61 Å². The van der Waals surface area contributed by atoms with Gasteiger partial charge in [-0.05, 0) is 48.0 Å². The molecule has 3 rings (SSSR count). The van der Waals surface area contributed by atoms with E-state index in [0.29, 0.717) is 22.2 Å². The van der Waals surface area contributed by atoms with Gasteiger partial charge in [-0.25, -0.2) is 13.1 Å². The minimum Gasteiger partial charge on any atom is -0.495 e. The summed E-state index contributed by atoms with van der Waals surface area (Å²) < 4.78 is 37.9. The lowest BCUT2D eigenvalue weighted by molar-refractivity contribution is -0.118. The summed E-state index contributed by atoms with van der Waals surface area (Å²) in [5, 5.41) is 3.04. The molecule has 3 aromatic rings. The third-order valence-corrected chi connectivity index (χ3v) is 5.96. The number of hydrogen-bond acceptors (Lipinski definition) is 5. The molecule has 0 aromatic heterocycles. The molecule has 3 aromatic carbocycles. The van der Waals surface area contributed by atoms with Crippen LogP contribution in [0, 0.1) is 0 Å². The van der Waals surface area contributed by atoms with Gasteiger partial charge in [0.1, 0.15) is 11.5 Å². The van der Waals surface area contributed by atoms with Gasteiger partial charge in [0.2, 0.25) is 10.0 Å². The fourth-order valence-electron chi connectivity index (χ4n) is 2.66. The number of nitrogens with one attached hydrogen (secondary N) is 2. The fourth-order valence-corrected chi connectivity index (χ4v) is 3.94. The maximum absolute atomic E-state index is 12.4. The molecule has 162 valence electrons. The highest BCUT2D eigenvalue weighted by Crippen LogP contribution is 2.27. The lowest BCUT2D eigenvalue weighted by atomic mass is 10.2. The summed E-state index contributed by atoms with van der Waals surface area (Å²) >= 11 is 6.03. The van der Waals surface area contributed by atoms with E-state index in [-0.39, 0.29) is 24.0 Å². The average molecular weight is 461 g/mol. The van der Waals surface area contributed by atoms with Crippen LogP contribution in [0.4, 0.5) is 5.69 Å². The Morgan fingerprint density at radius 2 is 1.71 bits per heavy atom. The average Bonchev–Trinajstić information content (AvgIpc) is 2.77. The summed E-state index contributed by atoms with van der Waals surface area (Å²) in [6, 6.07) is 19.9. The molecule has 0 unspecified atom stereocenters. The van der Waals surface area contributed by atoms with Crippen LogP contribution in [0.15, 0.2) is 77.7 Å². The zero-order valence-corrected chi connectivity index (χ0v) is 18.2. The number of amides is 1. The summed E-state index contributed by atoms with van der Waals surface area (Å²) in [5.74, 6) is 0.483. The van der Waals surface area contributed by atoms with E-state index in [1.54, 1.807) is 18.2 Å². The highest BCUT2D eigenvalue weighted by atomic mass is 35.5. The van der Waals surface area contributed by atoms with E-state index in [4.69, 9.17) is 21.1 Å². The summed E-state index contributed by atoms with van der Waals surface area (Å²) in [5.41, 5.74) is 1.36. The third kappa shape index (κ3) is 6.45. The molecular formula is C22H21ClN2O5S. The second-order valence-electron chi connectivity index (χ2n) is 6.47. The van der Waals surface area contributed by atoms with Gasteiger partial charge in [-0.2, -0.15) is 0 Å². The van der Waals surface area contributed by atoms with Gasteiger partial charge in [-0.15, -0.1) is 0 Å². The Morgan fingerprint density at radius 1 is 1.00 bits per heavy atom. The van der Waals surface area contributed by atoms with Crippen LogP contribution in [0.5, 0.6) is 11.5 Å². The largest absolute Gasteiger partial charge is 0.495 e. The zero-order chi connectivity index (χ0) is 22.3. The van der Waals surface area contributed by atoms with Gasteiger partial charge in [-0.1, -0.05) is 41.9 Å². The van der Waals surface area contributed by atoms with Crippen molar-refractivity contribution in [2.45, 2.75) is 11.4 Å². The van der Waals surface area contributed by atoms with Crippen LogP contribution in [0.3, 0.4) is 0 Å². The Labute approximate surface area is 186 Å². The molecule has 7 nitrogen and oxygen atoms in total. The van der Waals surface area contributed by atoms with Crippen molar-refractivity contribution in [3.63, 3.8) is 0 Å². The first-order chi connectivity index (χ1) is 14.9. The Hall–Kier alpha value is -3.07. The van der Waals surface area contributed by atoms with Crippen molar-refractivity contribution >= 4 is 33.2 Å². The van der Waals surface area contributed by atoms with Crippen LogP contribution < -0.4 is 19.5 Å². The van der Waals surface area contributed by atoms with E-state index in [2.05, 4.69) is 10.0 Å². The minimum atomic E-state index is -3.66. The number of benzene rings is 3. The summed E-state index contributed by atoms with van der Waals surface area (Å²) in [6.45, 7) is -0.0566. The standard InChI is InChI=1S/C22H21ClN2O5S/c1-29-21-12-7-17(13-20(21)23)25-22(26)15-30-18-8-10-19(11-9-18)31(27,28)24-14-16-5-3-2-4-6-16/h2-13,24H,14-15H2,1H3,(H,25,26). The van der Waals surface area contributed by atoms with Gasteiger partial charge in [0, 0.05) is 12.2 Å². The Morgan fingerprint density at radius 3 is 2.35 bits per heavy atom. The first-order valence-electron chi connectivity index (χ1n) is 9.27. The monoisotopic (exact) mass is 460 g/mol. The molecule has 0 saturated carbocycles. The van der Waals surface area contributed by atoms with Crippen LogP contribution in [0.2, 0.25) is 5.02 Å². The van der Waals surface area contributed by atoms with Crippen molar-refractivity contribution in [1.29, 1.82) is 0 Å². The number of halogens is 1. The maximum Gasteiger partial charge on any atom is 0.262 e. The minimum absolute atomic E-state index is 0.105. The number of sulfonamides is 1. The second kappa shape index (κ2) is 10.3. The van der Waals surface area contributed by atoms with Crippen molar-refractivity contribution in [3.05, 3.63) is 83.4 Å². The van der Waals surface area contributed by atoms with Crippen molar-refractivity contribution in [3.8, 4) is 11.5 Å². The van der Waals surface area contributed by atoms with Gasteiger partial charge in [-0.3, -0.25) is 4.79 Å². The van der Waals surface area contributed by atoms with Crippen LogP contribution in [-0.4, -0.2) is 28.0 Å². The molecule has 0 saturated heterocycles. The van der Waals surface area contributed by atoms with E-state index in [1.165, 1.54) is 31.4 Å². The Kier molecular flexibility index (Phi) is 7.51. The van der Waals surface area contributed by atoms with Crippen molar-refractivity contribution in [1.82, 2.24) is 4.72 Å². The van der Waals surface area contributed by atoms with E-state index in [0.717, 1.165) is 5.56 Å². The number of rotatable bonds is 9. The third-order valence-electron chi connectivity index (χ3n) is 4.25. The number of carbonyl (C=O) groups excluding carboxylic acids is 1. The molecule has 0 aliphatic carbocycles. The lowest BCUT2D eigenvalue weighted by Gasteiger charge is -2.10. The molecule has 31 heavy (non-hydrogen) atoms. The lowest BCUT2D eigenvalue weighted by Crippen LogP contribution is -2.23. The Balaban J connectivity index is 1.52. The molecule has 0 fully saturated rings.